The van der Waals surface area contributed by atoms with Crippen LogP contribution < -0.4 is 10.1 Å². The molecule has 1 unspecified atom stereocenters. The molecule has 0 aliphatic rings. The lowest BCUT2D eigenvalue weighted by atomic mass is 10.1. The summed E-state index contributed by atoms with van der Waals surface area (Å²) in [6.45, 7) is 2.12. The number of methoxy groups -OCH3 is 1. The Labute approximate surface area is 117 Å². The average molecular weight is 272 g/mol. The van der Waals surface area contributed by atoms with Crippen LogP contribution in [-0.4, -0.2) is 7.11 Å². The highest BCUT2D eigenvalue weighted by atomic mass is 32.1. The first-order chi connectivity index (χ1) is 9.30. The van der Waals surface area contributed by atoms with Crippen LogP contribution in [0.5, 0.6) is 5.75 Å². The first-order valence-corrected chi connectivity index (χ1v) is 7.05. The van der Waals surface area contributed by atoms with Crippen molar-refractivity contribution in [1.82, 2.24) is 0 Å². The molecule has 1 atom stereocenters. The lowest BCUT2D eigenvalue weighted by molar-refractivity contribution is 0.416. The Morgan fingerprint density at radius 1 is 1.37 bits per heavy atom. The van der Waals surface area contributed by atoms with Gasteiger partial charge in [0.05, 0.1) is 24.4 Å². The van der Waals surface area contributed by atoms with Gasteiger partial charge in [-0.05, 0) is 30.0 Å². The molecule has 1 N–H and O–H groups in total. The monoisotopic (exact) mass is 272 g/mol. The van der Waals surface area contributed by atoms with Gasteiger partial charge in [0.15, 0.2) is 0 Å². The number of anilines is 1. The number of nitrogens with zero attached hydrogens (tertiary/aromatic N) is 1. The molecular formula is C15H16N2OS. The number of benzene rings is 1. The third-order valence-corrected chi connectivity index (χ3v) is 3.97. The summed E-state index contributed by atoms with van der Waals surface area (Å²) >= 11 is 1.72. The van der Waals surface area contributed by atoms with Gasteiger partial charge in [-0.25, -0.2) is 0 Å². The van der Waals surface area contributed by atoms with Gasteiger partial charge in [0.1, 0.15) is 11.8 Å². The fraction of sp³-hybridized carbons (Fsp3) is 0.267. The molecule has 2 aromatic rings. The van der Waals surface area contributed by atoms with Gasteiger partial charge in [0, 0.05) is 4.88 Å². The second-order valence-corrected chi connectivity index (χ2v) is 5.09. The average Bonchev–Trinajstić information content (AvgIpc) is 2.98. The molecule has 0 fully saturated rings. The minimum absolute atomic E-state index is 0.198. The molecule has 0 aliphatic carbocycles. The second-order valence-electron chi connectivity index (χ2n) is 4.12. The first kappa shape index (κ1) is 13.4. The largest absolute Gasteiger partial charge is 0.495 e. The van der Waals surface area contributed by atoms with Gasteiger partial charge in [-0.3, -0.25) is 0 Å². The van der Waals surface area contributed by atoms with E-state index in [1.54, 1.807) is 24.5 Å². The molecule has 2 rings (SSSR count). The Balaban J connectivity index is 2.34. The van der Waals surface area contributed by atoms with Gasteiger partial charge in [-0.2, -0.15) is 5.26 Å². The SMILES string of the molecule is CCC(Nc1c(C#N)cccc1OC)c1cccs1. The Kier molecular flexibility index (Phi) is 4.43. The van der Waals surface area contributed by atoms with Gasteiger partial charge in [0.2, 0.25) is 0 Å². The van der Waals surface area contributed by atoms with E-state index in [1.807, 2.05) is 18.2 Å². The molecule has 0 spiro atoms. The molecule has 98 valence electrons. The van der Waals surface area contributed by atoms with E-state index in [9.17, 15) is 5.26 Å². The summed E-state index contributed by atoms with van der Waals surface area (Å²) in [5.74, 6) is 0.703. The van der Waals surface area contributed by atoms with Crippen LogP contribution in [0.15, 0.2) is 35.7 Å². The zero-order chi connectivity index (χ0) is 13.7. The van der Waals surface area contributed by atoms with E-state index in [1.165, 1.54) is 4.88 Å². The van der Waals surface area contributed by atoms with Crippen LogP contribution in [0, 0.1) is 11.3 Å². The van der Waals surface area contributed by atoms with E-state index in [0.29, 0.717) is 11.3 Å². The molecule has 0 aliphatic heterocycles. The summed E-state index contributed by atoms with van der Waals surface area (Å²) in [5, 5.41) is 14.7. The molecule has 3 nitrogen and oxygen atoms in total. The quantitative estimate of drug-likeness (QED) is 0.887. The van der Waals surface area contributed by atoms with E-state index in [4.69, 9.17) is 4.74 Å². The third kappa shape index (κ3) is 2.88. The highest BCUT2D eigenvalue weighted by molar-refractivity contribution is 7.10. The molecule has 1 aromatic heterocycles. The van der Waals surface area contributed by atoms with Crippen molar-refractivity contribution < 1.29 is 4.74 Å². The van der Waals surface area contributed by atoms with Crippen molar-refractivity contribution in [3.63, 3.8) is 0 Å². The summed E-state index contributed by atoms with van der Waals surface area (Å²) < 4.78 is 5.34. The number of hydrogen-bond acceptors (Lipinski definition) is 4. The number of rotatable bonds is 5. The number of thiophene rings is 1. The molecule has 0 saturated carbocycles. The lowest BCUT2D eigenvalue weighted by Gasteiger charge is -2.19. The van der Waals surface area contributed by atoms with Gasteiger partial charge < -0.3 is 10.1 Å². The summed E-state index contributed by atoms with van der Waals surface area (Å²) in [7, 11) is 1.62. The standard InChI is InChI=1S/C15H16N2OS/c1-3-12(14-8-5-9-19-14)17-15-11(10-16)6-4-7-13(15)18-2/h4-9,12,17H,3H2,1-2H3. The smallest absolute Gasteiger partial charge is 0.143 e. The molecule has 0 amide bonds. The highest BCUT2D eigenvalue weighted by Gasteiger charge is 2.15. The van der Waals surface area contributed by atoms with E-state index < -0.39 is 0 Å². The zero-order valence-electron chi connectivity index (χ0n) is 11.0. The maximum Gasteiger partial charge on any atom is 0.143 e. The zero-order valence-corrected chi connectivity index (χ0v) is 11.8. The molecule has 0 bridgehead atoms. The van der Waals surface area contributed by atoms with Crippen LogP contribution in [-0.2, 0) is 0 Å². The van der Waals surface area contributed by atoms with Crippen LogP contribution in [0.3, 0.4) is 0 Å². The molecule has 1 aromatic carbocycles. The van der Waals surface area contributed by atoms with Crippen molar-refractivity contribution in [2.24, 2.45) is 0 Å². The van der Waals surface area contributed by atoms with E-state index >= 15 is 0 Å². The molecule has 1 heterocycles. The summed E-state index contributed by atoms with van der Waals surface area (Å²) in [6, 6.07) is 12.0. The van der Waals surface area contributed by atoms with Gasteiger partial charge in [-0.1, -0.05) is 19.1 Å². The third-order valence-electron chi connectivity index (χ3n) is 2.98. The van der Waals surface area contributed by atoms with E-state index in [0.717, 1.165) is 12.1 Å². The van der Waals surface area contributed by atoms with E-state index in [2.05, 4.69) is 29.8 Å². The van der Waals surface area contributed by atoms with Crippen molar-refractivity contribution in [1.29, 1.82) is 5.26 Å². The van der Waals surface area contributed by atoms with Crippen molar-refractivity contribution in [3.8, 4) is 11.8 Å². The van der Waals surface area contributed by atoms with Gasteiger partial charge in [0.25, 0.3) is 0 Å². The summed E-state index contributed by atoms with van der Waals surface area (Å²) in [6.07, 6.45) is 0.948. The van der Waals surface area contributed by atoms with Crippen molar-refractivity contribution in [2.45, 2.75) is 19.4 Å². The minimum atomic E-state index is 0.198. The normalized spacial score (nSPS) is 11.6. The molecule has 19 heavy (non-hydrogen) atoms. The molecule has 0 radical (unpaired) electrons. The minimum Gasteiger partial charge on any atom is -0.495 e. The fourth-order valence-corrected chi connectivity index (χ4v) is 2.84. The van der Waals surface area contributed by atoms with Crippen molar-refractivity contribution in [3.05, 3.63) is 46.2 Å². The molecule has 0 saturated heterocycles. The molecular weight excluding hydrogens is 256 g/mol. The highest BCUT2D eigenvalue weighted by Crippen LogP contribution is 2.33. The predicted octanol–water partition coefficient (Wildman–Crippen LogP) is 4.19. The van der Waals surface area contributed by atoms with Crippen molar-refractivity contribution >= 4 is 17.0 Å². The van der Waals surface area contributed by atoms with Crippen LogP contribution in [0.1, 0.15) is 29.8 Å². The lowest BCUT2D eigenvalue weighted by Crippen LogP contribution is -2.10. The predicted molar refractivity (Wildman–Crippen MR) is 78.7 cm³/mol. The number of para-hydroxylation sites is 1. The van der Waals surface area contributed by atoms with Crippen LogP contribution >= 0.6 is 11.3 Å². The Morgan fingerprint density at radius 3 is 2.79 bits per heavy atom. The topological polar surface area (TPSA) is 45.0 Å². The van der Waals surface area contributed by atoms with Crippen molar-refractivity contribution in [2.75, 3.05) is 12.4 Å². The Hall–Kier alpha value is -1.99. The number of nitriles is 1. The number of ether oxygens (including phenoxy) is 1. The van der Waals surface area contributed by atoms with E-state index in [-0.39, 0.29) is 6.04 Å². The maximum atomic E-state index is 9.21. The Morgan fingerprint density at radius 2 is 2.21 bits per heavy atom. The number of hydrogen-bond donors (Lipinski definition) is 1. The Bertz CT molecular complexity index is 572. The van der Waals surface area contributed by atoms with Crippen LogP contribution in [0.25, 0.3) is 0 Å². The number of nitrogens with one attached hydrogen (secondary N) is 1. The van der Waals surface area contributed by atoms with Crippen LogP contribution in [0.2, 0.25) is 0 Å². The summed E-state index contributed by atoms with van der Waals surface area (Å²) in [4.78, 5) is 1.26. The maximum absolute atomic E-state index is 9.21. The first-order valence-electron chi connectivity index (χ1n) is 6.17. The second kappa shape index (κ2) is 6.26. The van der Waals surface area contributed by atoms with Gasteiger partial charge >= 0.3 is 0 Å². The van der Waals surface area contributed by atoms with Gasteiger partial charge in [-0.15, -0.1) is 11.3 Å². The van der Waals surface area contributed by atoms with Crippen LogP contribution in [0.4, 0.5) is 5.69 Å². The summed E-state index contributed by atoms with van der Waals surface area (Å²) in [5.41, 5.74) is 1.38. The fourth-order valence-electron chi connectivity index (χ4n) is 1.98. The molecule has 4 heteroatoms.